The van der Waals surface area contributed by atoms with Crippen LogP contribution in [0, 0.1) is 27.7 Å². The third-order valence-electron chi connectivity index (χ3n) is 3.85. The van der Waals surface area contributed by atoms with Gasteiger partial charge in [-0.25, -0.2) is 4.79 Å². The fourth-order valence-corrected chi connectivity index (χ4v) is 3.05. The van der Waals surface area contributed by atoms with Crippen LogP contribution >= 0.6 is 0 Å². The molecule has 2 rings (SSSR count). The third-order valence-corrected chi connectivity index (χ3v) is 3.85. The highest BCUT2D eigenvalue weighted by molar-refractivity contribution is 5.94. The highest BCUT2D eigenvalue weighted by Crippen LogP contribution is 2.36. The van der Waals surface area contributed by atoms with E-state index in [0.29, 0.717) is 0 Å². The molecule has 0 bridgehead atoms. The van der Waals surface area contributed by atoms with E-state index in [1.54, 1.807) is 0 Å². The molecule has 0 radical (unpaired) electrons. The lowest BCUT2D eigenvalue weighted by atomic mass is 9.91. The molecule has 24 heavy (non-hydrogen) atoms. The molecular weight excluding hydrogens is 298 g/mol. The van der Waals surface area contributed by atoms with Gasteiger partial charge < -0.3 is 4.74 Å². The van der Waals surface area contributed by atoms with Gasteiger partial charge in [0.05, 0.1) is 5.69 Å². The first-order chi connectivity index (χ1) is 11.1. The van der Waals surface area contributed by atoms with Gasteiger partial charge in [0.25, 0.3) is 0 Å². The Morgan fingerprint density at radius 1 is 0.958 bits per heavy atom. The molecule has 0 saturated carbocycles. The Morgan fingerprint density at radius 3 is 2.08 bits per heavy atom. The van der Waals surface area contributed by atoms with Crippen LogP contribution in [0.5, 0.6) is 0 Å². The first kappa shape index (κ1) is 18.1. The zero-order valence-corrected chi connectivity index (χ0v) is 15.7. The standard InChI is InChI=1S/C21H27NO2/c1-13-11-15(3)18(16(4)12-13)17-10-8-9-14(2)19(17)22-20(23)24-21(5,6)7/h8-12H,1-7H3,(H,22,23). The lowest BCUT2D eigenvalue weighted by molar-refractivity contribution is 0.0636. The van der Waals surface area contributed by atoms with Crippen molar-refractivity contribution in [3.63, 3.8) is 0 Å². The second-order valence-electron chi connectivity index (χ2n) is 7.40. The summed E-state index contributed by atoms with van der Waals surface area (Å²) >= 11 is 0. The summed E-state index contributed by atoms with van der Waals surface area (Å²) in [6.45, 7) is 13.9. The summed E-state index contributed by atoms with van der Waals surface area (Å²) in [6, 6.07) is 10.4. The Morgan fingerprint density at radius 2 is 1.54 bits per heavy atom. The van der Waals surface area contributed by atoms with Gasteiger partial charge in [-0.15, -0.1) is 0 Å². The number of amides is 1. The Balaban J connectivity index is 2.51. The molecule has 3 heteroatoms. The maximum Gasteiger partial charge on any atom is 0.412 e. The van der Waals surface area contributed by atoms with Crippen LogP contribution in [0.3, 0.4) is 0 Å². The normalized spacial score (nSPS) is 11.3. The number of hydrogen-bond acceptors (Lipinski definition) is 2. The van der Waals surface area contributed by atoms with E-state index in [9.17, 15) is 4.79 Å². The summed E-state index contributed by atoms with van der Waals surface area (Å²) in [4.78, 5) is 12.3. The van der Waals surface area contributed by atoms with Crippen molar-refractivity contribution < 1.29 is 9.53 Å². The topological polar surface area (TPSA) is 38.3 Å². The molecule has 0 aromatic heterocycles. The molecule has 0 aliphatic heterocycles. The molecule has 1 N–H and O–H groups in total. The van der Waals surface area contributed by atoms with Gasteiger partial charge in [0.1, 0.15) is 5.60 Å². The summed E-state index contributed by atoms with van der Waals surface area (Å²) < 4.78 is 5.42. The van der Waals surface area contributed by atoms with Crippen molar-refractivity contribution in [1.82, 2.24) is 0 Å². The summed E-state index contributed by atoms with van der Waals surface area (Å²) in [7, 11) is 0. The molecule has 0 heterocycles. The lowest BCUT2D eigenvalue weighted by Gasteiger charge is -2.22. The Labute approximate surface area is 145 Å². The Bertz CT molecular complexity index is 747. The zero-order chi connectivity index (χ0) is 18.1. The van der Waals surface area contributed by atoms with E-state index in [-0.39, 0.29) is 0 Å². The summed E-state index contributed by atoms with van der Waals surface area (Å²) in [6.07, 6.45) is -0.430. The monoisotopic (exact) mass is 325 g/mol. The van der Waals surface area contributed by atoms with Gasteiger partial charge in [0, 0.05) is 5.56 Å². The summed E-state index contributed by atoms with van der Waals surface area (Å²) in [5.74, 6) is 0. The summed E-state index contributed by atoms with van der Waals surface area (Å²) in [5.41, 5.74) is 7.12. The molecule has 2 aromatic rings. The highest BCUT2D eigenvalue weighted by atomic mass is 16.6. The van der Waals surface area contributed by atoms with Gasteiger partial charge in [0.15, 0.2) is 0 Å². The second kappa shape index (κ2) is 6.68. The maximum atomic E-state index is 12.3. The number of benzene rings is 2. The van der Waals surface area contributed by atoms with Crippen molar-refractivity contribution in [2.75, 3.05) is 5.32 Å². The molecular formula is C21H27NO2. The van der Waals surface area contributed by atoms with Crippen molar-refractivity contribution in [2.45, 2.75) is 54.1 Å². The Kier molecular flexibility index (Phi) is 5.02. The number of rotatable bonds is 2. The molecule has 0 aliphatic rings. The van der Waals surface area contributed by atoms with Crippen molar-refractivity contribution in [3.05, 3.63) is 52.6 Å². The van der Waals surface area contributed by atoms with E-state index in [1.807, 2.05) is 45.9 Å². The number of nitrogens with one attached hydrogen (secondary N) is 1. The summed E-state index contributed by atoms with van der Waals surface area (Å²) in [5, 5.41) is 2.94. The average Bonchev–Trinajstić information content (AvgIpc) is 2.39. The van der Waals surface area contributed by atoms with Crippen molar-refractivity contribution in [1.29, 1.82) is 0 Å². The largest absolute Gasteiger partial charge is 0.444 e. The third kappa shape index (κ3) is 4.16. The average molecular weight is 325 g/mol. The van der Waals surface area contributed by atoms with Gasteiger partial charge in [-0.3, -0.25) is 5.32 Å². The van der Waals surface area contributed by atoms with Crippen LogP contribution in [0.2, 0.25) is 0 Å². The molecule has 0 spiro atoms. The van der Waals surface area contributed by atoms with E-state index in [2.05, 4.69) is 38.2 Å². The number of carbonyl (C=O) groups excluding carboxylic acids is 1. The van der Waals surface area contributed by atoms with Crippen LogP contribution in [0.4, 0.5) is 10.5 Å². The van der Waals surface area contributed by atoms with Crippen molar-refractivity contribution in [2.24, 2.45) is 0 Å². The van der Waals surface area contributed by atoms with Crippen LogP contribution in [0.1, 0.15) is 43.0 Å². The number of anilines is 1. The molecule has 0 unspecified atom stereocenters. The minimum atomic E-state index is -0.525. The van der Waals surface area contributed by atoms with Gasteiger partial charge in [-0.2, -0.15) is 0 Å². The molecule has 3 nitrogen and oxygen atoms in total. The predicted octanol–water partition coefficient (Wildman–Crippen LogP) is 5.93. The van der Waals surface area contributed by atoms with Gasteiger partial charge in [0.2, 0.25) is 0 Å². The van der Waals surface area contributed by atoms with Crippen LogP contribution in [0.15, 0.2) is 30.3 Å². The smallest absolute Gasteiger partial charge is 0.412 e. The van der Waals surface area contributed by atoms with Crippen molar-refractivity contribution >= 4 is 11.8 Å². The van der Waals surface area contributed by atoms with Gasteiger partial charge in [-0.05, 0) is 70.7 Å². The Hall–Kier alpha value is -2.29. The van der Waals surface area contributed by atoms with Gasteiger partial charge >= 0.3 is 6.09 Å². The first-order valence-electron chi connectivity index (χ1n) is 8.26. The fraction of sp³-hybridized carbons (Fsp3) is 0.381. The molecule has 128 valence electrons. The quantitative estimate of drug-likeness (QED) is 0.742. The van der Waals surface area contributed by atoms with E-state index < -0.39 is 11.7 Å². The van der Waals surface area contributed by atoms with Gasteiger partial charge in [-0.1, -0.05) is 35.9 Å². The molecule has 1 amide bonds. The first-order valence-corrected chi connectivity index (χ1v) is 8.26. The van der Waals surface area contributed by atoms with Crippen LogP contribution in [-0.4, -0.2) is 11.7 Å². The van der Waals surface area contributed by atoms with Crippen LogP contribution in [0.25, 0.3) is 11.1 Å². The molecule has 2 aromatic carbocycles. The van der Waals surface area contributed by atoms with E-state index in [4.69, 9.17) is 4.74 Å². The predicted molar refractivity (Wildman–Crippen MR) is 101 cm³/mol. The van der Waals surface area contributed by atoms with E-state index >= 15 is 0 Å². The maximum absolute atomic E-state index is 12.3. The molecule has 0 fully saturated rings. The number of carbonyl (C=O) groups is 1. The number of aryl methyl sites for hydroxylation is 4. The van der Waals surface area contributed by atoms with Crippen LogP contribution in [-0.2, 0) is 4.74 Å². The van der Waals surface area contributed by atoms with Crippen LogP contribution < -0.4 is 5.32 Å². The number of hydrogen-bond donors (Lipinski definition) is 1. The highest BCUT2D eigenvalue weighted by Gasteiger charge is 2.19. The zero-order valence-electron chi connectivity index (χ0n) is 15.7. The van der Waals surface area contributed by atoms with E-state index in [0.717, 1.165) is 22.4 Å². The van der Waals surface area contributed by atoms with E-state index in [1.165, 1.54) is 16.7 Å². The minimum Gasteiger partial charge on any atom is -0.444 e. The second-order valence-corrected chi connectivity index (χ2v) is 7.40. The molecule has 0 aliphatic carbocycles. The fourth-order valence-electron chi connectivity index (χ4n) is 3.05. The SMILES string of the molecule is Cc1cc(C)c(-c2cccc(C)c2NC(=O)OC(C)(C)C)c(C)c1. The molecule has 0 saturated heterocycles. The lowest BCUT2D eigenvalue weighted by Crippen LogP contribution is -2.27. The number of ether oxygens (including phenoxy) is 1. The number of para-hydroxylation sites is 1. The van der Waals surface area contributed by atoms with Crippen molar-refractivity contribution in [3.8, 4) is 11.1 Å². The minimum absolute atomic E-state index is 0.430. The molecule has 0 atom stereocenters.